The van der Waals surface area contributed by atoms with Crippen molar-refractivity contribution in [2.75, 3.05) is 11.5 Å². The van der Waals surface area contributed by atoms with Gasteiger partial charge in [0.15, 0.2) is 0 Å². The zero-order chi connectivity index (χ0) is 15.6. The van der Waals surface area contributed by atoms with Crippen LogP contribution in [0, 0.1) is 13.8 Å². The van der Waals surface area contributed by atoms with E-state index in [2.05, 4.69) is 19.9 Å². The van der Waals surface area contributed by atoms with Crippen LogP contribution in [-0.2, 0) is 5.75 Å². The van der Waals surface area contributed by atoms with E-state index in [0.29, 0.717) is 22.2 Å². The van der Waals surface area contributed by atoms with Crippen LogP contribution in [0.1, 0.15) is 27.4 Å². The van der Waals surface area contributed by atoms with Gasteiger partial charge in [-0.1, -0.05) is 11.8 Å². The normalized spacial score (nSPS) is 10.6. The maximum absolute atomic E-state index is 11.3. The molecule has 0 saturated heterocycles. The molecule has 2 heterocycles. The highest BCUT2D eigenvalue weighted by Gasteiger charge is 2.16. The molecule has 0 atom stereocenters. The van der Waals surface area contributed by atoms with Crippen molar-refractivity contribution in [3.63, 3.8) is 0 Å². The van der Waals surface area contributed by atoms with E-state index in [0.717, 1.165) is 5.69 Å². The number of anilines is 2. The summed E-state index contributed by atoms with van der Waals surface area (Å²) in [7, 11) is 0. The summed E-state index contributed by atoms with van der Waals surface area (Å²) in [6.45, 7) is 3.54. The lowest BCUT2D eigenvalue weighted by Crippen LogP contribution is -2.08. The lowest BCUT2D eigenvalue weighted by molar-refractivity contribution is 0.0691. The summed E-state index contributed by atoms with van der Waals surface area (Å²) < 4.78 is 0. The highest BCUT2D eigenvalue weighted by molar-refractivity contribution is 7.98. The summed E-state index contributed by atoms with van der Waals surface area (Å²) in [5.41, 5.74) is 12.6. The summed E-state index contributed by atoms with van der Waals surface area (Å²) >= 11 is 1.22. The molecule has 2 aromatic rings. The Labute approximate surface area is 125 Å². The number of carbonyl (C=O) groups is 1. The van der Waals surface area contributed by atoms with Crippen molar-refractivity contribution in [1.82, 2.24) is 19.9 Å². The van der Waals surface area contributed by atoms with E-state index in [9.17, 15) is 9.90 Å². The maximum atomic E-state index is 11.3. The van der Waals surface area contributed by atoms with Gasteiger partial charge in [0.25, 0.3) is 0 Å². The first-order valence-electron chi connectivity index (χ1n) is 5.97. The van der Waals surface area contributed by atoms with Crippen molar-refractivity contribution in [3.8, 4) is 0 Å². The maximum Gasteiger partial charge on any atom is 0.338 e. The van der Waals surface area contributed by atoms with Gasteiger partial charge in [-0.05, 0) is 25.5 Å². The lowest BCUT2D eigenvalue weighted by Gasteiger charge is -2.09. The second-order valence-corrected chi connectivity index (χ2v) is 5.29. The fraction of sp³-hybridized carbons (Fsp3) is 0.250. The molecule has 0 aliphatic rings. The molecular weight excluding hydrogens is 292 g/mol. The molecule has 0 unspecified atom stereocenters. The highest BCUT2D eigenvalue weighted by atomic mass is 32.2. The van der Waals surface area contributed by atoms with Crippen LogP contribution in [0.5, 0.6) is 0 Å². The van der Waals surface area contributed by atoms with Gasteiger partial charge in [0.05, 0.1) is 11.3 Å². The van der Waals surface area contributed by atoms with E-state index in [-0.39, 0.29) is 17.5 Å². The molecule has 9 heteroatoms. The van der Waals surface area contributed by atoms with Crippen molar-refractivity contribution in [3.05, 3.63) is 28.7 Å². The summed E-state index contributed by atoms with van der Waals surface area (Å²) in [4.78, 5) is 27.2. The van der Waals surface area contributed by atoms with Crippen LogP contribution in [0.25, 0.3) is 0 Å². The summed E-state index contributed by atoms with van der Waals surface area (Å²) in [6.07, 6.45) is 0. The third kappa shape index (κ3) is 3.57. The minimum absolute atomic E-state index is 0.0324. The van der Waals surface area contributed by atoms with Gasteiger partial charge in [0, 0.05) is 5.69 Å². The second kappa shape index (κ2) is 5.92. The number of aromatic carboxylic acids is 1. The van der Waals surface area contributed by atoms with E-state index in [4.69, 9.17) is 11.5 Å². The van der Waals surface area contributed by atoms with E-state index < -0.39 is 5.97 Å². The van der Waals surface area contributed by atoms with Gasteiger partial charge in [0.1, 0.15) is 10.9 Å². The predicted molar refractivity (Wildman–Crippen MR) is 78.9 cm³/mol. The number of nitrogens with two attached hydrogens (primary N) is 2. The number of hydrogen-bond acceptors (Lipinski definition) is 8. The number of aryl methyl sites for hydroxylation is 2. The molecule has 0 aliphatic carbocycles. The fourth-order valence-corrected chi connectivity index (χ4v) is 2.82. The first-order chi connectivity index (χ1) is 9.86. The molecule has 0 fully saturated rings. The molecule has 5 N–H and O–H groups in total. The Kier molecular flexibility index (Phi) is 4.22. The average Bonchev–Trinajstić information content (AvgIpc) is 2.33. The standard InChI is InChI=1S/C12H14N6O2S/c1-5-3-6(2)15-9(8(5)10(19)20)21-4-7-16-11(13)18-12(14)17-7/h3H,4H2,1-2H3,(H,19,20)(H4,13,14,16,17,18). The topological polar surface area (TPSA) is 141 Å². The molecule has 0 amide bonds. The van der Waals surface area contributed by atoms with Gasteiger partial charge in [-0.25, -0.2) is 9.78 Å². The van der Waals surface area contributed by atoms with E-state index in [1.54, 1.807) is 13.0 Å². The van der Waals surface area contributed by atoms with Crippen LogP contribution in [0.15, 0.2) is 11.1 Å². The highest BCUT2D eigenvalue weighted by Crippen LogP contribution is 2.26. The van der Waals surface area contributed by atoms with Gasteiger partial charge in [0.2, 0.25) is 11.9 Å². The molecule has 21 heavy (non-hydrogen) atoms. The summed E-state index contributed by atoms with van der Waals surface area (Å²) in [5, 5.41) is 9.70. The lowest BCUT2D eigenvalue weighted by atomic mass is 10.1. The van der Waals surface area contributed by atoms with Crippen molar-refractivity contribution >= 4 is 29.6 Å². The number of pyridine rings is 1. The molecule has 2 rings (SSSR count). The van der Waals surface area contributed by atoms with E-state index in [1.807, 2.05) is 6.92 Å². The summed E-state index contributed by atoms with van der Waals surface area (Å²) in [5.74, 6) is -0.276. The van der Waals surface area contributed by atoms with Crippen LogP contribution in [0.3, 0.4) is 0 Å². The predicted octanol–water partition coefficient (Wildman–Crippen LogP) is 1.04. The molecule has 2 aromatic heterocycles. The number of carboxylic acids is 1. The second-order valence-electron chi connectivity index (χ2n) is 4.32. The number of hydrogen-bond donors (Lipinski definition) is 3. The Hall–Kier alpha value is -2.42. The third-order valence-electron chi connectivity index (χ3n) is 2.58. The minimum atomic E-state index is -1.02. The third-order valence-corrected chi connectivity index (χ3v) is 3.55. The fourth-order valence-electron chi connectivity index (χ4n) is 1.82. The summed E-state index contributed by atoms with van der Waals surface area (Å²) in [6, 6.07) is 1.73. The Bertz CT molecular complexity index is 686. The first kappa shape index (κ1) is 15.0. The monoisotopic (exact) mass is 306 g/mol. The molecule has 8 nitrogen and oxygen atoms in total. The largest absolute Gasteiger partial charge is 0.478 e. The van der Waals surface area contributed by atoms with Crippen molar-refractivity contribution < 1.29 is 9.90 Å². The Morgan fingerprint density at radius 2 is 1.81 bits per heavy atom. The van der Waals surface area contributed by atoms with E-state index >= 15 is 0 Å². The smallest absolute Gasteiger partial charge is 0.338 e. The Morgan fingerprint density at radius 1 is 1.19 bits per heavy atom. The van der Waals surface area contributed by atoms with E-state index in [1.165, 1.54) is 11.8 Å². The average molecular weight is 306 g/mol. The number of thioether (sulfide) groups is 1. The number of nitrogen functional groups attached to an aromatic ring is 2. The first-order valence-corrected chi connectivity index (χ1v) is 6.95. The molecule has 0 radical (unpaired) electrons. The van der Waals surface area contributed by atoms with Crippen molar-refractivity contribution in [1.29, 1.82) is 0 Å². The number of carboxylic acid groups (broad SMARTS) is 1. The number of rotatable bonds is 4. The van der Waals surface area contributed by atoms with Gasteiger partial charge in [-0.3, -0.25) is 0 Å². The quantitative estimate of drug-likeness (QED) is 0.706. The van der Waals surface area contributed by atoms with Crippen LogP contribution in [-0.4, -0.2) is 31.0 Å². The Morgan fingerprint density at radius 3 is 2.38 bits per heavy atom. The van der Waals surface area contributed by atoms with Gasteiger partial charge in [-0.15, -0.1) is 0 Å². The molecule has 0 saturated carbocycles. The zero-order valence-electron chi connectivity index (χ0n) is 11.5. The zero-order valence-corrected chi connectivity index (χ0v) is 12.3. The van der Waals surface area contributed by atoms with Crippen LogP contribution < -0.4 is 11.5 Å². The van der Waals surface area contributed by atoms with Crippen molar-refractivity contribution in [2.24, 2.45) is 0 Å². The Balaban J connectivity index is 2.29. The van der Waals surface area contributed by atoms with Crippen LogP contribution in [0.2, 0.25) is 0 Å². The number of nitrogens with zero attached hydrogens (tertiary/aromatic N) is 4. The van der Waals surface area contributed by atoms with Crippen molar-refractivity contribution in [2.45, 2.75) is 24.6 Å². The van der Waals surface area contributed by atoms with Gasteiger partial charge in [-0.2, -0.15) is 15.0 Å². The number of aromatic nitrogens is 4. The molecule has 0 bridgehead atoms. The molecule has 0 aliphatic heterocycles. The SMILES string of the molecule is Cc1cc(C)c(C(=O)O)c(SCc2nc(N)nc(N)n2)n1. The minimum Gasteiger partial charge on any atom is -0.478 e. The molecule has 0 aromatic carbocycles. The molecule has 110 valence electrons. The van der Waals surface area contributed by atoms with Crippen LogP contribution >= 0.6 is 11.8 Å². The molecular formula is C12H14N6O2S. The van der Waals surface area contributed by atoms with Gasteiger partial charge < -0.3 is 16.6 Å². The molecule has 0 spiro atoms. The van der Waals surface area contributed by atoms with Gasteiger partial charge >= 0.3 is 5.97 Å². The van der Waals surface area contributed by atoms with Crippen LogP contribution in [0.4, 0.5) is 11.9 Å².